The molecule has 3 rings (SSSR count). The third kappa shape index (κ3) is 5.70. The fraction of sp³-hybridized carbons (Fsp3) is 0.417. The summed E-state index contributed by atoms with van der Waals surface area (Å²) in [6, 6.07) is 13.5. The average molecular weight is 441 g/mol. The molecule has 0 spiro atoms. The highest BCUT2D eigenvalue weighted by molar-refractivity contribution is 6.02. The number of hydrogen-bond donors (Lipinski definition) is 2. The van der Waals surface area contributed by atoms with Crippen LogP contribution >= 0.6 is 0 Å². The summed E-state index contributed by atoms with van der Waals surface area (Å²) in [4.78, 5) is 29.3. The lowest BCUT2D eigenvalue weighted by Crippen LogP contribution is -2.47. The Morgan fingerprint density at radius 2 is 1.66 bits per heavy atom. The number of nitrogens with one attached hydrogen (secondary N) is 2. The van der Waals surface area contributed by atoms with E-state index in [4.69, 9.17) is 9.47 Å². The van der Waals surface area contributed by atoms with Crippen molar-refractivity contribution in [2.75, 3.05) is 68.7 Å². The second-order valence-electron chi connectivity index (χ2n) is 7.61. The van der Waals surface area contributed by atoms with Crippen LogP contribution in [-0.2, 0) is 9.53 Å². The molecule has 8 heteroatoms. The quantitative estimate of drug-likeness (QED) is 0.624. The number of carbonyl (C=O) groups is 2. The molecule has 1 aliphatic rings. The number of carbonyl (C=O) groups excluding carboxylic acids is 2. The van der Waals surface area contributed by atoms with E-state index < -0.39 is 0 Å². The minimum absolute atomic E-state index is 0.0377. The van der Waals surface area contributed by atoms with E-state index in [0.717, 1.165) is 49.7 Å². The van der Waals surface area contributed by atoms with Crippen LogP contribution in [0.2, 0.25) is 0 Å². The number of piperazine rings is 1. The maximum Gasteiger partial charge on any atom is 0.253 e. The third-order valence-electron chi connectivity index (χ3n) is 5.38. The van der Waals surface area contributed by atoms with Gasteiger partial charge in [0.05, 0.1) is 18.4 Å². The average Bonchev–Trinajstić information content (AvgIpc) is 2.82. The van der Waals surface area contributed by atoms with Gasteiger partial charge in [0, 0.05) is 51.2 Å². The first-order valence-corrected chi connectivity index (χ1v) is 10.9. The summed E-state index contributed by atoms with van der Waals surface area (Å²) in [7, 11) is 3.15. The van der Waals surface area contributed by atoms with Crippen LogP contribution in [0.1, 0.15) is 23.7 Å². The van der Waals surface area contributed by atoms with Crippen LogP contribution < -0.4 is 25.2 Å². The zero-order valence-electron chi connectivity index (χ0n) is 19.0. The number of methoxy groups -OCH3 is 2. The van der Waals surface area contributed by atoms with Gasteiger partial charge < -0.3 is 29.9 Å². The largest absolute Gasteiger partial charge is 0.495 e. The van der Waals surface area contributed by atoms with Crippen molar-refractivity contribution in [3.8, 4) is 5.75 Å². The van der Waals surface area contributed by atoms with E-state index in [-0.39, 0.29) is 18.4 Å². The molecule has 8 nitrogen and oxygen atoms in total. The third-order valence-corrected chi connectivity index (χ3v) is 5.38. The van der Waals surface area contributed by atoms with Crippen LogP contribution in [0.25, 0.3) is 0 Å². The molecule has 2 N–H and O–H groups in total. The normalized spacial score (nSPS) is 13.6. The molecule has 0 aliphatic carbocycles. The SMILES string of the molecule is CCCNC(=O)c1cc(NC(=O)COC)ccc1N1CCN(c2ccccc2OC)CC1. The summed E-state index contributed by atoms with van der Waals surface area (Å²) in [5.74, 6) is 0.458. The predicted octanol–water partition coefficient (Wildman–Crippen LogP) is 2.75. The molecule has 0 atom stereocenters. The molecule has 2 aromatic rings. The number of hydrogen-bond acceptors (Lipinski definition) is 6. The van der Waals surface area contributed by atoms with Crippen molar-refractivity contribution in [3.05, 3.63) is 48.0 Å². The topological polar surface area (TPSA) is 83.1 Å². The summed E-state index contributed by atoms with van der Waals surface area (Å²) < 4.78 is 10.4. The van der Waals surface area contributed by atoms with Crippen LogP contribution in [0.4, 0.5) is 17.1 Å². The van der Waals surface area contributed by atoms with Gasteiger partial charge >= 0.3 is 0 Å². The lowest BCUT2D eigenvalue weighted by atomic mass is 10.1. The molecule has 172 valence electrons. The van der Waals surface area contributed by atoms with Gasteiger partial charge in [-0.15, -0.1) is 0 Å². The van der Waals surface area contributed by atoms with E-state index in [2.05, 4.69) is 26.5 Å². The summed E-state index contributed by atoms with van der Waals surface area (Å²) in [5, 5.41) is 5.73. The first-order valence-electron chi connectivity index (χ1n) is 10.9. The number of amides is 2. The molecule has 1 aliphatic heterocycles. The van der Waals surface area contributed by atoms with Crippen LogP contribution in [0.15, 0.2) is 42.5 Å². The number of ether oxygens (including phenoxy) is 2. The second kappa shape index (κ2) is 11.4. The lowest BCUT2D eigenvalue weighted by Gasteiger charge is -2.38. The Labute approximate surface area is 189 Å². The monoisotopic (exact) mass is 440 g/mol. The van der Waals surface area contributed by atoms with Crippen molar-refractivity contribution in [2.24, 2.45) is 0 Å². The van der Waals surface area contributed by atoms with Gasteiger partial charge in [0.15, 0.2) is 0 Å². The lowest BCUT2D eigenvalue weighted by molar-refractivity contribution is -0.119. The van der Waals surface area contributed by atoms with Gasteiger partial charge in [-0.1, -0.05) is 19.1 Å². The van der Waals surface area contributed by atoms with Crippen LogP contribution in [-0.4, -0.2) is 65.4 Å². The Balaban J connectivity index is 1.78. The van der Waals surface area contributed by atoms with Crippen molar-refractivity contribution in [1.82, 2.24) is 5.32 Å². The molecule has 0 aromatic heterocycles. The molecule has 32 heavy (non-hydrogen) atoms. The van der Waals surface area contributed by atoms with E-state index in [0.29, 0.717) is 17.8 Å². The fourth-order valence-electron chi connectivity index (χ4n) is 3.81. The number of rotatable bonds is 9. The number of nitrogens with zero attached hydrogens (tertiary/aromatic N) is 2. The van der Waals surface area contributed by atoms with Gasteiger partial charge in [-0.05, 0) is 36.8 Å². The van der Waals surface area contributed by atoms with Crippen LogP contribution in [0.5, 0.6) is 5.75 Å². The molecule has 2 amide bonds. The molecule has 0 unspecified atom stereocenters. The van der Waals surface area contributed by atoms with Crippen molar-refractivity contribution in [3.63, 3.8) is 0 Å². The van der Waals surface area contributed by atoms with Crippen molar-refractivity contribution in [1.29, 1.82) is 0 Å². The molecule has 1 saturated heterocycles. The Hall–Kier alpha value is -3.26. The molecule has 0 radical (unpaired) electrons. The smallest absolute Gasteiger partial charge is 0.253 e. The van der Waals surface area contributed by atoms with Crippen LogP contribution in [0.3, 0.4) is 0 Å². The first kappa shape index (κ1) is 23.4. The van der Waals surface area contributed by atoms with E-state index in [1.807, 2.05) is 37.3 Å². The zero-order chi connectivity index (χ0) is 22.9. The Kier molecular flexibility index (Phi) is 8.33. The van der Waals surface area contributed by atoms with Gasteiger partial charge in [-0.3, -0.25) is 9.59 Å². The van der Waals surface area contributed by atoms with Gasteiger partial charge in [-0.25, -0.2) is 0 Å². The molecule has 1 heterocycles. The number of benzene rings is 2. The molecule has 1 fully saturated rings. The van der Waals surface area contributed by atoms with Gasteiger partial charge in [-0.2, -0.15) is 0 Å². The summed E-state index contributed by atoms with van der Waals surface area (Å²) in [5.41, 5.74) is 3.07. The summed E-state index contributed by atoms with van der Waals surface area (Å²) in [6.45, 7) is 5.72. The first-order chi connectivity index (χ1) is 15.6. The molecule has 2 aromatic carbocycles. The Morgan fingerprint density at radius 3 is 2.31 bits per heavy atom. The molecular formula is C24H32N4O4. The minimum Gasteiger partial charge on any atom is -0.495 e. The maximum atomic E-state index is 12.9. The van der Waals surface area contributed by atoms with Gasteiger partial charge in [0.25, 0.3) is 5.91 Å². The van der Waals surface area contributed by atoms with Crippen LogP contribution in [0, 0.1) is 0 Å². The van der Waals surface area contributed by atoms with E-state index >= 15 is 0 Å². The van der Waals surface area contributed by atoms with Crippen molar-refractivity contribution in [2.45, 2.75) is 13.3 Å². The highest BCUT2D eigenvalue weighted by atomic mass is 16.5. The van der Waals surface area contributed by atoms with E-state index in [1.54, 1.807) is 13.2 Å². The maximum absolute atomic E-state index is 12.9. The summed E-state index contributed by atoms with van der Waals surface area (Å²) in [6.07, 6.45) is 0.850. The number of anilines is 3. The Morgan fingerprint density at radius 1 is 0.969 bits per heavy atom. The second-order valence-corrected chi connectivity index (χ2v) is 7.61. The highest BCUT2D eigenvalue weighted by Crippen LogP contribution is 2.31. The Bertz CT molecular complexity index is 926. The minimum atomic E-state index is -0.259. The number of para-hydroxylation sites is 2. The van der Waals surface area contributed by atoms with Crippen molar-refractivity contribution < 1.29 is 19.1 Å². The molecular weight excluding hydrogens is 408 g/mol. The summed E-state index contributed by atoms with van der Waals surface area (Å²) >= 11 is 0. The van der Waals surface area contributed by atoms with Gasteiger partial charge in [0.2, 0.25) is 5.91 Å². The van der Waals surface area contributed by atoms with E-state index in [9.17, 15) is 9.59 Å². The standard InChI is InChI=1S/C24H32N4O4/c1-4-11-25-24(30)19-16-18(26-23(29)17-31-2)9-10-20(19)27-12-14-28(15-13-27)21-7-5-6-8-22(21)32-3/h5-10,16H,4,11-15,17H2,1-3H3,(H,25,30)(H,26,29). The predicted molar refractivity (Wildman–Crippen MR) is 127 cm³/mol. The van der Waals surface area contributed by atoms with E-state index in [1.165, 1.54) is 7.11 Å². The fourth-order valence-corrected chi connectivity index (χ4v) is 3.81. The zero-order valence-corrected chi connectivity index (χ0v) is 19.0. The van der Waals surface area contributed by atoms with Crippen molar-refractivity contribution >= 4 is 28.9 Å². The van der Waals surface area contributed by atoms with Gasteiger partial charge in [0.1, 0.15) is 12.4 Å². The molecule has 0 bridgehead atoms. The molecule has 0 saturated carbocycles. The highest BCUT2D eigenvalue weighted by Gasteiger charge is 2.23.